The maximum Gasteiger partial charge on any atom is 0.326 e. The van der Waals surface area contributed by atoms with Crippen molar-refractivity contribution in [3.8, 4) is 0 Å². The molecule has 0 saturated heterocycles. The van der Waals surface area contributed by atoms with Gasteiger partial charge in [0.1, 0.15) is 12.4 Å². The molecule has 0 aliphatic heterocycles. The van der Waals surface area contributed by atoms with Crippen molar-refractivity contribution < 1.29 is 19.5 Å². The van der Waals surface area contributed by atoms with Gasteiger partial charge in [-0.3, -0.25) is 14.6 Å². The molecule has 32 heavy (non-hydrogen) atoms. The van der Waals surface area contributed by atoms with Gasteiger partial charge in [-0.05, 0) is 34.5 Å². The first-order valence-electron chi connectivity index (χ1n) is 9.68. The van der Waals surface area contributed by atoms with Crippen LogP contribution in [0.2, 0.25) is 0 Å². The molecule has 0 aliphatic carbocycles. The highest BCUT2D eigenvalue weighted by Crippen LogP contribution is 2.23. The Labute approximate surface area is 183 Å². The molecule has 1 atom stereocenters. The van der Waals surface area contributed by atoms with Crippen molar-refractivity contribution in [1.29, 1.82) is 0 Å². The fourth-order valence-electron chi connectivity index (χ4n) is 3.15. The summed E-state index contributed by atoms with van der Waals surface area (Å²) in [6.07, 6.45) is 4.47. The Morgan fingerprint density at radius 2 is 1.97 bits per heavy atom. The average molecular weight is 434 g/mol. The molecule has 3 rings (SSSR count). The van der Waals surface area contributed by atoms with Crippen molar-refractivity contribution in [2.45, 2.75) is 12.5 Å². The summed E-state index contributed by atoms with van der Waals surface area (Å²) in [7, 11) is 0. The van der Waals surface area contributed by atoms with Crippen molar-refractivity contribution >= 4 is 40.6 Å². The highest BCUT2D eigenvalue weighted by Gasteiger charge is 2.21. The summed E-state index contributed by atoms with van der Waals surface area (Å²) in [4.78, 5) is 40.6. The van der Waals surface area contributed by atoms with E-state index in [1.165, 1.54) is 12.5 Å². The number of hydrogen-bond donors (Lipinski definition) is 5. The van der Waals surface area contributed by atoms with Crippen LogP contribution >= 0.6 is 0 Å². The van der Waals surface area contributed by atoms with Crippen LogP contribution in [0.3, 0.4) is 0 Å². The lowest BCUT2D eigenvalue weighted by Crippen LogP contribution is -2.46. The number of pyridine rings is 1. The van der Waals surface area contributed by atoms with Gasteiger partial charge in [0.25, 0.3) is 5.91 Å². The summed E-state index contributed by atoms with van der Waals surface area (Å²) in [5.74, 6) is 2.83. The Kier molecular flexibility index (Phi) is 7.31. The van der Waals surface area contributed by atoms with Crippen molar-refractivity contribution in [2.75, 3.05) is 11.9 Å². The second-order valence-corrected chi connectivity index (χ2v) is 6.87. The maximum atomic E-state index is 12.8. The third kappa shape index (κ3) is 5.79. The number of nitrogens with one attached hydrogen (secondary N) is 3. The third-order valence-electron chi connectivity index (χ3n) is 4.62. The standard InChI is InChI=1S/C22H22N6O4/c23-27-13-26-16-9-15-5-1-2-6-17(15)18(10-16)21(30)25-12-20(29)28-19(22(31)32)8-14-4-3-7-24-11-14/h1-7,9-11,13,19H,8,12,23H2,(H,25,30)(H,26,27)(H,28,29)(H,31,32). The number of hydrogen-bond acceptors (Lipinski definition) is 6. The summed E-state index contributed by atoms with van der Waals surface area (Å²) in [5, 5.41) is 22.1. The lowest BCUT2D eigenvalue weighted by molar-refractivity contribution is -0.141. The largest absolute Gasteiger partial charge is 0.480 e. The zero-order chi connectivity index (χ0) is 22.9. The molecule has 6 N–H and O–H groups in total. The van der Waals surface area contributed by atoms with E-state index in [2.05, 4.69) is 26.0 Å². The molecule has 2 aromatic carbocycles. The van der Waals surface area contributed by atoms with Gasteiger partial charge in [-0.2, -0.15) is 5.10 Å². The number of nitrogens with two attached hydrogens (primary N) is 1. The van der Waals surface area contributed by atoms with Crippen molar-refractivity contribution in [3.05, 3.63) is 72.1 Å². The number of carboxylic acids is 1. The number of aromatic nitrogens is 1. The number of anilines is 1. The number of carbonyl (C=O) groups excluding carboxylic acids is 2. The molecule has 0 fully saturated rings. The van der Waals surface area contributed by atoms with Gasteiger partial charge in [0.15, 0.2) is 0 Å². The number of aliphatic carboxylic acids is 1. The van der Waals surface area contributed by atoms with Crippen LogP contribution in [0.25, 0.3) is 10.8 Å². The van der Waals surface area contributed by atoms with Crippen molar-refractivity contribution in [2.24, 2.45) is 10.9 Å². The van der Waals surface area contributed by atoms with E-state index in [-0.39, 0.29) is 13.0 Å². The number of carbonyl (C=O) groups is 3. The van der Waals surface area contributed by atoms with Gasteiger partial charge in [0.05, 0.1) is 6.54 Å². The maximum absolute atomic E-state index is 12.8. The summed E-state index contributed by atoms with van der Waals surface area (Å²) >= 11 is 0. The number of nitrogens with zero attached hydrogens (tertiary/aromatic N) is 2. The second-order valence-electron chi connectivity index (χ2n) is 6.87. The van der Waals surface area contributed by atoms with Gasteiger partial charge in [-0.25, -0.2) is 4.79 Å². The van der Waals surface area contributed by atoms with Crippen LogP contribution in [-0.2, 0) is 16.0 Å². The number of carboxylic acid groups (broad SMARTS) is 1. The number of fused-ring (bicyclic) bond motifs is 1. The Balaban J connectivity index is 1.68. The van der Waals surface area contributed by atoms with E-state index < -0.39 is 23.8 Å². The first-order valence-corrected chi connectivity index (χ1v) is 9.68. The number of benzene rings is 2. The Bertz CT molecular complexity index is 1150. The van der Waals surface area contributed by atoms with Gasteiger partial charge < -0.3 is 26.9 Å². The first-order chi connectivity index (χ1) is 15.5. The molecular formula is C22H22N6O4. The molecule has 2 amide bonds. The zero-order valence-corrected chi connectivity index (χ0v) is 17.0. The number of hydrazone groups is 1. The fourth-order valence-corrected chi connectivity index (χ4v) is 3.15. The zero-order valence-electron chi connectivity index (χ0n) is 17.0. The van der Waals surface area contributed by atoms with Crippen LogP contribution in [-0.4, -0.2) is 46.8 Å². The van der Waals surface area contributed by atoms with E-state index >= 15 is 0 Å². The van der Waals surface area contributed by atoms with E-state index in [4.69, 9.17) is 5.84 Å². The molecule has 10 nitrogen and oxygen atoms in total. The lowest BCUT2D eigenvalue weighted by Gasteiger charge is -2.15. The highest BCUT2D eigenvalue weighted by atomic mass is 16.4. The molecule has 1 aromatic heterocycles. The number of amides is 2. The van der Waals surface area contributed by atoms with Gasteiger partial charge in [0, 0.05) is 30.1 Å². The summed E-state index contributed by atoms with van der Waals surface area (Å²) in [6.45, 7) is -0.383. The summed E-state index contributed by atoms with van der Waals surface area (Å²) < 4.78 is 0. The van der Waals surface area contributed by atoms with E-state index in [0.717, 1.165) is 5.39 Å². The molecule has 0 saturated carbocycles. The van der Waals surface area contributed by atoms with Gasteiger partial charge in [-0.15, -0.1) is 0 Å². The normalized spacial score (nSPS) is 11.8. The monoisotopic (exact) mass is 434 g/mol. The Morgan fingerprint density at radius 3 is 2.69 bits per heavy atom. The predicted octanol–water partition coefficient (Wildman–Crippen LogP) is 1.09. The van der Waals surface area contributed by atoms with E-state index in [9.17, 15) is 19.5 Å². The van der Waals surface area contributed by atoms with Gasteiger partial charge >= 0.3 is 5.97 Å². The van der Waals surface area contributed by atoms with Crippen molar-refractivity contribution in [1.82, 2.24) is 15.6 Å². The molecule has 0 radical (unpaired) electrons. The topological polar surface area (TPSA) is 159 Å². The lowest BCUT2D eigenvalue weighted by atomic mass is 10.0. The van der Waals surface area contributed by atoms with Crippen LogP contribution in [0.1, 0.15) is 15.9 Å². The van der Waals surface area contributed by atoms with Gasteiger partial charge in [-0.1, -0.05) is 30.3 Å². The van der Waals surface area contributed by atoms with E-state index in [1.54, 1.807) is 36.5 Å². The molecule has 0 spiro atoms. The minimum Gasteiger partial charge on any atom is -0.480 e. The summed E-state index contributed by atoms with van der Waals surface area (Å²) in [5.41, 5.74) is 1.60. The second kappa shape index (κ2) is 10.5. The molecule has 1 heterocycles. The Morgan fingerprint density at radius 1 is 1.16 bits per heavy atom. The molecule has 3 aromatic rings. The average Bonchev–Trinajstić information content (AvgIpc) is 2.80. The predicted molar refractivity (Wildman–Crippen MR) is 120 cm³/mol. The van der Waals surface area contributed by atoms with Crippen LogP contribution in [0, 0.1) is 0 Å². The number of rotatable bonds is 9. The molecule has 0 bridgehead atoms. The van der Waals surface area contributed by atoms with Crippen molar-refractivity contribution in [3.63, 3.8) is 0 Å². The minimum atomic E-state index is -1.18. The molecular weight excluding hydrogens is 412 g/mol. The van der Waals surface area contributed by atoms with Crippen LogP contribution in [0.4, 0.5) is 5.69 Å². The van der Waals surface area contributed by atoms with E-state index in [1.807, 2.05) is 18.2 Å². The van der Waals surface area contributed by atoms with Gasteiger partial charge in [0.2, 0.25) is 5.91 Å². The quantitative estimate of drug-likeness (QED) is 0.146. The highest BCUT2D eigenvalue weighted by molar-refractivity contribution is 6.09. The molecule has 1 unspecified atom stereocenters. The minimum absolute atomic E-state index is 0.0733. The first kappa shape index (κ1) is 22.2. The SMILES string of the molecule is NN=CNc1cc(C(=O)NCC(=O)NC(Cc2cccnc2)C(=O)O)c2ccccc2c1. The van der Waals surface area contributed by atoms with Crippen LogP contribution in [0.5, 0.6) is 0 Å². The third-order valence-corrected chi connectivity index (χ3v) is 4.62. The smallest absolute Gasteiger partial charge is 0.326 e. The molecule has 10 heteroatoms. The summed E-state index contributed by atoms with van der Waals surface area (Å²) in [6, 6.07) is 13.0. The van der Waals surface area contributed by atoms with E-state index in [0.29, 0.717) is 22.2 Å². The van der Waals surface area contributed by atoms with Crippen LogP contribution in [0.15, 0.2) is 66.0 Å². The Hall–Kier alpha value is -4.47. The van der Waals surface area contributed by atoms with Crippen LogP contribution < -0.4 is 21.8 Å². The molecule has 164 valence electrons. The fraction of sp³-hybridized carbons (Fsp3) is 0.136. The molecule has 0 aliphatic rings.